The zero-order valence-electron chi connectivity index (χ0n) is 18.5. The maximum Gasteiger partial charge on any atom is 0.348 e. The minimum Gasteiger partial charge on any atom is -0.462 e. The second kappa shape index (κ2) is 9.51. The predicted octanol–water partition coefficient (Wildman–Crippen LogP) is 3.08. The summed E-state index contributed by atoms with van der Waals surface area (Å²) in [5.74, 6) is -3.02. The molecule has 9 nitrogen and oxygen atoms in total. The molecule has 0 N–H and O–H groups in total. The first-order valence-corrected chi connectivity index (χ1v) is 10.7. The Hall–Kier alpha value is -2.88. The minimum absolute atomic E-state index is 0.00978. The van der Waals surface area contributed by atoms with Crippen molar-refractivity contribution in [3.05, 3.63) is 16.0 Å². The molecular formula is C21H26N2O7S. The molecule has 0 bridgehead atoms. The third kappa shape index (κ3) is 5.25. The van der Waals surface area contributed by atoms with Crippen LogP contribution in [0.25, 0.3) is 0 Å². The lowest BCUT2D eigenvalue weighted by Crippen LogP contribution is -2.40. The summed E-state index contributed by atoms with van der Waals surface area (Å²) in [5.41, 5.74) is -0.620. The minimum atomic E-state index is -0.754. The van der Waals surface area contributed by atoms with Crippen LogP contribution >= 0.6 is 11.3 Å². The molecule has 1 aromatic heterocycles. The highest BCUT2D eigenvalue weighted by Gasteiger charge is 2.38. The van der Waals surface area contributed by atoms with Crippen LogP contribution in [0.15, 0.2) is 5.10 Å². The Morgan fingerprint density at radius 1 is 1.03 bits per heavy atom. The van der Waals surface area contributed by atoms with Crippen molar-refractivity contribution >= 4 is 51.5 Å². The predicted molar refractivity (Wildman–Crippen MR) is 115 cm³/mol. The van der Waals surface area contributed by atoms with E-state index >= 15 is 0 Å². The van der Waals surface area contributed by atoms with Crippen LogP contribution in [0.1, 0.15) is 73.1 Å². The number of rotatable bonds is 6. The number of thiophene rings is 1. The van der Waals surface area contributed by atoms with Gasteiger partial charge in [0, 0.05) is 19.8 Å². The number of ether oxygens (including phenoxy) is 2. The van der Waals surface area contributed by atoms with E-state index in [9.17, 15) is 24.0 Å². The molecule has 0 saturated heterocycles. The first-order chi connectivity index (χ1) is 14.4. The van der Waals surface area contributed by atoms with Crippen molar-refractivity contribution in [3.63, 3.8) is 0 Å². The summed E-state index contributed by atoms with van der Waals surface area (Å²) in [7, 11) is 0. The van der Waals surface area contributed by atoms with Gasteiger partial charge in [0.15, 0.2) is 17.3 Å². The zero-order valence-corrected chi connectivity index (χ0v) is 19.3. The maximum atomic E-state index is 12.6. The summed E-state index contributed by atoms with van der Waals surface area (Å²) in [5, 5.41) is 4.85. The summed E-state index contributed by atoms with van der Waals surface area (Å²) in [6.07, 6.45) is 0.206. The summed E-state index contributed by atoms with van der Waals surface area (Å²) in [6.45, 7) is 9.77. The van der Waals surface area contributed by atoms with Crippen LogP contribution in [0, 0.1) is 12.3 Å². The maximum absolute atomic E-state index is 12.6. The molecule has 1 amide bonds. The fourth-order valence-electron chi connectivity index (χ4n) is 3.21. The van der Waals surface area contributed by atoms with E-state index in [1.165, 1.54) is 13.8 Å². The molecule has 0 aliphatic heterocycles. The van der Waals surface area contributed by atoms with E-state index in [0.717, 1.165) is 16.3 Å². The van der Waals surface area contributed by atoms with Crippen molar-refractivity contribution in [1.29, 1.82) is 0 Å². The van der Waals surface area contributed by atoms with Crippen LogP contribution in [0.5, 0.6) is 0 Å². The standard InChI is InChI=1S/C21H26N2O7S/c1-7-29-19(27)15-11(3)17(20(28)30-8-2)31-18(15)23(12(4)24)22-16-13(25)9-21(5,6)10-14(16)26/h7-10H2,1-6H3. The quantitative estimate of drug-likeness (QED) is 0.482. The number of carbonyl (C=O) groups excluding carboxylic acids is 5. The van der Waals surface area contributed by atoms with Gasteiger partial charge < -0.3 is 9.47 Å². The third-order valence-corrected chi connectivity index (χ3v) is 5.81. The molecule has 1 aromatic rings. The van der Waals surface area contributed by atoms with Gasteiger partial charge in [-0.15, -0.1) is 11.3 Å². The molecular weight excluding hydrogens is 424 g/mol. The summed E-state index contributed by atoms with van der Waals surface area (Å²) >= 11 is 0.816. The Kier molecular flexibility index (Phi) is 7.48. The third-order valence-electron chi connectivity index (χ3n) is 4.57. The van der Waals surface area contributed by atoms with Crippen LogP contribution in [-0.4, -0.2) is 48.3 Å². The normalized spacial score (nSPS) is 15.5. The van der Waals surface area contributed by atoms with Crippen LogP contribution < -0.4 is 5.01 Å². The highest BCUT2D eigenvalue weighted by Crippen LogP contribution is 2.38. The van der Waals surface area contributed by atoms with Crippen LogP contribution in [0.2, 0.25) is 0 Å². The lowest BCUT2D eigenvalue weighted by Gasteiger charge is -2.28. The number of ketones is 2. The lowest BCUT2D eigenvalue weighted by atomic mass is 9.75. The fourth-order valence-corrected chi connectivity index (χ4v) is 4.39. The Balaban J connectivity index is 2.65. The van der Waals surface area contributed by atoms with Gasteiger partial charge in [-0.3, -0.25) is 14.4 Å². The SMILES string of the molecule is CCOC(=O)c1sc(N(N=C2C(=O)CC(C)(C)CC2=O)C(C)=O)c(C(=O)OCC)c1C. The van der Waals surface area contributed by atoms with Gasteiger partial charge in [0.25, 0.3) is 0 Å². The number of carbonyl (C=O) groups is 5. The van der Waals surface area contributed by atoms with E-state index < -0.39 is 34.8 Å². The highest BCUT2D eigenvalue weighted by molar-refractivity contribution is 7.18. The number of amides is 1. The molecule has 0 aromatic carbocycles. The molecule has 0 spiro atoms. The molecule has 1 fully saturated rings. The number of anilines is 1. The fraction of sp³-hybridized carbons (Fsp3) is 0.524. The summed E-state index contributed by atoms with van der Waals surface area (Å²) < 4.78 is 10.1. The number of nitrogens with zero attached hydrogens (tertiary/aromatic N) is 2. The van der Waals surface area contributed by atoms with Gasteiger partial charge >= 0.3 is 11.9 Å². The van der Waals surface area contributed by atoms with Gasteiger partial charge in [-0.1, -0.05) is 13.8 Å². The average molecular weight is 451 g/mol. The van der Waals surface area contributed by atoms with Gasteiger partial charge in [-0.05, 0) is 31.7 Å². The highest BCUT2D eigenvalue weighted by atomic mass is 32.1. The van der Waals surface area contributed by atoms with E-state index in [0.29, 0.717) is 0 Å². The molecule has 1 aliphatic rings. The average Bonchev–Trinajstić information content (AvgIpc) is 2.97. The smallest absolute Gasteiger partial charge is 0.348 e. The van der Waals surface area contributed by atoms with E-state index in [-0.39, 0.29) is 52.8 Å². The van der Waals surface area contributed by atoms with E-state index in [4.69, 9.17) is 9.47 Å². The largest absolute Gasteiger partial charge is 0.462 e. The van der Waals surface area contributed by atoms with Crippen LogP contribution in [0.3, 0.4) is 0 Å². The number of esters is 2. The molecule has 10 heteroatoms. The first kappa shape index (κ1) is 24.4. The van der Waals surface area contributed by atoms with Crippen LogP contribution in [0.4, 0.5) is 5.00 Å². The van der Waals surface area contributed by atoms with Crippen molar-refractivity contribution in [3.8, 4) is 0 Å². The number of hydrogen-bond acceptors (Lipinski definition) is 9. The number of hydrogen-bond donors (Lipinski definition) is 0. The Morgan fingerprint density at radius 3 is 2.03 bits per heavy atom. The second-order valence-electron chi connectivity index (χ2n) is 7.82. The van der Waals surface area contributed by atoms with E-state index in [2.05, 4.69) is 5.10 Å². The number of Topliss-reactive ketones (excluding diaryl/α,β-unsaturated/α-hetero) is 2. The zero-order chi connectivity index (χ0) is 23.5. The second-order valence-corrected chi connectivity index (χ2v) is 8.82. The van der Waals surface area contributed by atoms with Crippen molar-refractivity contribution in [2.45, 2.75) is 54.4 Å². The molecule has 31 heavy (non-hydrogen) atoms. The van der Waals surface area contributed by atoms with Crippen molar-refractivity contribution in [1.82, 2.24) is 0 Å². The molecule has 0 unspecified atom stereocenters. The van der Waals surface area contributed by atoms with Crippen molar-refractivity contribution < 1.29 is 33.4 Å². The monoisotopic (exact) mass is 450 g/mol. The molecule has 0 radical (unpaired) electrons. The van der Waals surface area contributed by atoms with Gasteiger partial charge in [-0.25, -0.2) is 9.59 Å². The molecule has 2 rings (SSSR count). The Labute approximate surface area is 184 Å². The van der Waals surface area contributed by atoms with Crippen molar-refractivity contribution in [2.75, 3.05) is 18.2 Å². The van der Waals surface area contributed by atoms with Gasteiger partial charge in [0.1, 0.15) is 15.4 Å². The van der Waals surface area contributed by atoms with Gasteiger partial charge in [0.2, 0.25) is 5.91 Å². The summed E-state index contributed by atoms with van der Waals surface area (Å²) in [4.78, 5) is 62.6. The first-order valence-electron chi connectivity index (χ1n) is 9.86. The molecule has 1 aliphatic carbocycles. The molecule has 0 atom stereocenters. The number of hydrazone groups is 1. The van der Waals surface area contributed by atoms with Crippen LogP contribution in [-0.2, 0) is 23.9 Å². The molecule has 1 heterocycles. The molecule has 1 saturated carbocycles. The topological polar surface area (TPSA) is 119 Å². The lowest BCUT2D eigenvalue weighted by molar-refractivity contribution is -0.122. The Bertz CT molecular complexity index is 953. The van der Waals surface area contributed by atoms with E-state index in [1.54, 1.807) is 27.7 Å². The molecule has 168 valence electrons. The van der Waals surface area contributed by atoms with Gasteiger partial charge in [0.05, 0.1) is 13.2 Å². The van der Waals surface area contributed by atoms with Gasteiger partial charge in [-0.2, -0.15) is 10.1 Å². The summed E-state index contributed by atoms with van der Waals surface area (Å²) in [6, 6.07) is 0. The van der Waals surface area contributed by atoms with E-state index in [1.807, 2.05) is 0 Å². The Morgan fingerprint density at radius 2 is 1.55 bits per heavy atom. The van der Waals surface area contributed by atoms with Crippen molar-refractivity contribution in [2.24, 2.45) is 10.5 Å².